The van der Waals surface area contributed by atoms with Crippen molar-refractivity contribution in [1.29, 1.82) is 0 Å². The van der Waals surface area contributed by atoms with Gasteiger partial charge in [-0.05, 0) is 19.3 Å². The molecule has 0 radical (unpaired) electrons. The number of rotatable bonds is 14. The van der Waals surface area contributed by atoms with Gasteiger partial charge in [-0.15, -0.1) is 0 Å². The van der Waals surface area contributed by atoms with E-state index in [1.165, 1.54) is 19.3 Å². The molecule has 1 amide bonds. The molecule has 0 unspecified atom stereocenters. The molecule has 0 spiro atoms. The molecule has 0 aromatic carbocycles. The van der Waals surface area contributed by atoms with Crippen molar-refractivity contribution in [2.45, 2.75) is 84.1 Å². The van der Waals surface area contributed by atoms with E-state index in [1.807, 2.05) is 6.92 Å². The van der Waals surface area contributed by atoms with Crippen molar-refractivity contribution < 1.29 is 24.2 Å². The van der Waals surface area contributed by atoms with E-state index in [-0.39, 0.29) is 25.2 Å². The SMILES string of the molecule is CCCCCCCCOC(=O)CC[C@H](NC(=O)CCC)C(=O)O. The second-order valence-corrected chi connectivity index (χ2v) is 5.74. The van der Waals surface area contributed by atoms with Gasteiger partial charge in [-0.3, -0.25) is 9.59 Å². The quantitative estimate of drug-likeness (QED) is 0.377. The van der Waals surface area contributed by atoms with Crippen LogP contribution in [-0.2, 0) is 19.1 Å². The molecular weight excluding hydrogens is 298 g/mol. The number of hydrogen-bond acceptors (Lipinski definition) is 4. The Kier molecular flexibility index (Phi) is 13.1. The van der Waals surface area contributed by atoms with Gasteiger partial charge in [-0.25, -0.2) is 4.79 Å². The first-order valence-corrected chi connectivity index (χ1v) is 8.69. The number of esters is 1. The molecule has 0 aliphatic carbocycles. The molecule has 0 aromatic heterocycles. The molecule has 1 atom stereocenters. The van der Waals surface area contributed by atoms with E-state index in [9.17, 15) is 14.4 Å². The summed E-state index contributed by atoms with van der Waals surface area (Å²) in [5.74, 6) is -1.84. The van der Waals surface area contributed by atoms with Crippen molar-refractivity contribution >= 4 is 17.8 Å². The Morgan fingerprint density at radius 2 is 1.61 bits per heavy atom. The highest BCUT2D eigenvalue weighted by Crippen LogP contribution is 2.06. The third kappa shape index (κ3) is 12.6. The number of carbonyl (C=O) groups is 3. The number of unbranched alkanes of at least 4 members (excludes halogenated alkanes) is 5. The Balaban J connectivity index is 3.82. The number of ether oxygens (including phenoxy) is 1. The molecule has 0 saturated carbocycles. The van der Waals surface area contributed by atoms with E-state index in [0.717, 1.165) is 19.3 Å². The van der Waals surface area contributed by atoms with Gasteiger partial charge in [0.05, 0.1) is 6.61 Å². The highest BCUT2D eigenvalue weighted by Gasteiger charge is 2.20. The Bertz CT molecular complexity index is 357. The van der Waals surface area contributed by atoms with Gasteiger partial charge in [-0.2, -0.15) is 0 Å². The molecule has 23 heavy (non-hydrogen) atoms. The van der Waals surface area contributed by atoms with E-state index in [4.69, 9.17) is 9.84 Å². The Morgan fingerprint density at radius 3 is 2.22 bits per heavy atom. The number of carbonyl (C=O) groups excluding carboxylic acids is 2. The zero-order chi connectivity index (χ0) is 17.5. The van der Waals surface area contributed by atoms with Crippen molar-refractivity contribution in [2.75, 3.05) is 6.61 Å². The van der Waals surface area contributed by atoms with Crippen LogP contribution in [0.2, 0.25) is 0 Å². The zero-order valence-corrected chi connectivity index (χ0v) is 14.4. The number of amides is 1. The van der Waals surface area contributed by atoms with E-state index in [1.54, 1.807) is 0 Å². The van der Waals surface area contributed by atoms with Crippen molar-refractivity contribution in [3.05, 3.63) is 0 Å². The van der Waals surface area contributed by atoms with Crippen LogP contribution in [0.3, 0.4) is 0 Å². The molecule has 0 heterocycles. The summed E-state index contributed by atoms with van der Waals surface area (Å²) in [6.07, 6.45) is 7.67. The number of hydrogen-bond donors (Lipinski definition) is 2. The third-order valence-corrected chi connectivity index (χ3v) is 3.51. The molecule has 6 nitrogen and oxygen atoms in total. The molecule has 0 aromatic rings. The van der Waals surface area contributed by atoms with Crippen LogP contribution in [0.15, 0.2) is 0 Å². The molecule has 134 valence electrons. The predicted molar refractivity (Wildman–Crippen MR) is 88.0 cm³/mol. The Hall–Kier alpha value is -1.59. The van der Waals surface area contributed by atoms with Crippen LogP contribution in [0.4, 0.5) is 0 Å². The summed E-state index contributed by atoms with van der Waals surface area (Å²) in [5, 5.41) is 11.5. The zero-order valence-electron chi connectivity index (χ0n) is 14.4. The molecule has 6 heteroatoms. The normalized spacial score (nSPS) is 11.7. The highest BCUT2D eigenvalue weighted by atomic mass is 16.5. The van der Waals surface area contributed by atoms with Crippen LogP contribution in [0, 0.1) is 0 Å². The minimum Gasteiger partial charge on any atom is -0.480 e. The first-order chi connectivity index (χ1) is 11.0. The molecule has 0 aliphatic rings. The summed E-state index contributed by atoms with van der Waals surface area (Å²) in [6.45, 7) is 4.39. The van der Waals surface area contributed by atoms with Crippen LogP contribution >= 0.6 is 0 Å². The van der Waals surface area contributed by atoms with Crippen LogP contribution in [0.25, 0.3) is 0 Å². The third-order valence-electron chi connectivity index (χ3n) is 3.51. The number of carboxylic acid groups (broad SMARTS) is 1. The van der Waals surface area contributed by atoms with Gasteiger partial charge >= 0.3 is 11.9 Å². The molecule has 0 aliphatic heterocycles. The molecule has 0 fully saturated rings. The molecule has 0 bridgehead atoms. The van der Waals surface area contributed by atoms with Gasteiger partial charge in [0.15, 0.2) is 0 Å². The van der Waals surface area contributed by atoms with E-state index in [2.05, 4.69) is 12.2 Å². The Labute approximate surface area is 139 Å². The summed E-state index contributed by atoms with van der Waals surface area (Å²) >= 11 is 0. The highest BCUT2D eigenvalue weighted by molar-refractivity contribution is 5.83. The summed E-state index contributed by atoms with van der Waals surface area (Å²) in [6, 6.07) is -1.03. The van der Waals surface area contributed by atoms with Gasteiger partial charge in [-0.1, -0.05) is 46.0 Å². The molecule has 0 saturated heterocycles. The lowest BCUT2D eigenvalue weighted by Gasteiger charge is -2.14. The lowest BCUT2D eigenvalue weighted by Crippen LogP contribution is -2.41. The predicted octanol–water partition coefficient (Wildman–Crippen LogP) is 3.04. The van der Waals surface area contributed by atoms with Gasteiger partial charge in [0.25, 0.3) is 0 Å². The number of nitrogens with one attached hydrogen (secondary N) is 1. The van der Waals surface area contributed by atoms with Gasteiger partial charge < -0.3 is 15.2 Å². The smallest absolute Gasteiger partial charge is 0.326 e. The summed E-state index contributed by atoms with van der Waals surface area (Å²) in [7, 11) is 0. The van der Waals surface area contributed by atoms with E-state index < -0.39 is 18.0 Å². The first kappa shape index (κ1) is 21.4. The topological polar surface area (TPSA) is 92.7 Å². The lowest BCUT2D eigenvalue weighted by molar-refractivity contribution is -0.145. The van der Waals surface area contributed by atoms with Gasteiger partial charge in [0.1, 0.15) is 6.04 Å². The summed E-state index contributed by atoms with van der Waals surface area (Å²) < 4.78 is 5.09. The van der Waals surface area contributed by atoms with Crippen molar-refractivity contribution in [3.63, 3.8) is 0 Å². The maximum atomic E-state index is 11.6. The van der Waals surface area contributed by atoms with Gasteiger partial charge in [0.2, 0.25) is 5.91 Å². The van der Waals surface area contributed by atoms with Crippen molar-refractivity contribution in [3.8, 4) is 0 Å². The lowest BCUT2D eigenvalue weighted by atomic mass is 10.1. The van der Waals surface area contributed by atoms with E-state index >= 15 is 0 Å². The molecular formula is C17H31NO5. The number of aliphatic carboxylic acids is 1. The maximum Gasteiger partial charge on any atom is 0.326 e. The summed E-state index contributed by atoms with van der Waals surface area (Å²) in [5.41, 5.74) is 0. The largest absolute Gasteiger partial charge is 0.480 e. The van der Waals surface area contributed by atoms with Crippen LogP contribution in [0.1, 0.15) is 78.1 Å². The number of carboxylic acids is 1. The van der Waals surface area contributed by atoms with Crippen molar-refractivity contribution in [2.24, 2.45) is 0 Å². The van der Waals surface area contributed by atoms with Crippen molar-refractivity contribution in [1.82, 2.24) is 5.32 Å². The second-order valence-electron chi connectivity index (χ2n) is 5.74. The van der Waals surface area contributed by atoms with Crippen LogP contribution in [-0.4, -0.2) is 35.6 Å². The fourth-order valence-corrected chi connectivity index (χ4v) is 2.15. The van der Waals surface area contributed by atoms with Crippen LogP contribution < -0.4 is 5.32 Å². The average Bonchev–Trinajstić information content (AvgIpc) is 2.50. The fraction of sp³-hybridized carbons (Fsp3) is 0.824. The average molecular weight is 329 g/mol. The minimum absolute atomic E-state index is 0.000787. The molecule has 0 rings (SSSR count). The van der Waals surface area contributed by atoms with E-state index in [0.29, 0.717) is 13.0 Å². The monoisotopic (exact) mass is 329 g/mol. The minimum atomic E-state index is -1.13. The van der Waals surface area contributed by atoms with Gasteiger partial charge in [0, 0.05) is 12.8 Å². The first-order valence-electron chi connectivity index (χ1n) is 8.69. The summed E-state index contributed by atoms with van der Waals surface area (Å²) in [4.78, 5) is 34.1. The fourth-order valence-electron chi connectivity index (χ4n) is 2.15. The second kappa shape index (κ2) is 14.0. The molecule has 2 N–H and O–H groups in total. The maximum absolute atomic E-state index is 11.6. The van der Waals surface area contributed by atoms with Crippen LogP contribution in [0.5, 0.6) is 0 Å². The Morgan fingerprint density at radius 1 is 0.957 bits per heavy atom. The standard InChI is InChI=1S/C17H31NO5/c1-3-5-6-7-8-9-13-23-16(20)12-11-14(17(21)22)18-15(19)10-4-2/h14H,3-13H2,1-2H3,(H,18,19)(H,21,22)/t14-/m0/s1.